The van der Waals surface area contributed by atoms with Crippen molar-refractivity contribution in [1.29, 1.82) is 0 Å². The highest BCUT2D eigenvalue weighted by Crippen LogP contribution is 2.37. The molecule has 70 valence electrons. The number of nitrogens with zero attached hydrogens (tertiary/aromatic N) is 1. The van der Waals surface area contributed by atoms with Gasteiger partial charge in [-0.05, 0) is 27.6 Å². The van der Waals surface area contributed by atoms with Gasteiger partial charge >= 0.3 is 0 Å². The molecule has 0 fully saturated rings. The quantitative estimate of drug-likeness (QED) is 0.714. The van der Waals surface area contributed by atoms with Gasteiger partial charge in [0, 0.05) is 11.5 Å². The molecule has 0 unspecified atom stereocenters. The van der Waals surface area contributed by atoms with Crippen molar-refractivity contribution in [2.24, 2.45) is 0 Å². The monoisotopic (exact) mass is 261 g/mol. The van der Waals surface area contributed by atoms with Crippen LogP contribution in [0.2, 0.25) is 0 Å². The summed E-state index contributed by atoms with van der Waals surface area (Å²) in [5, 5.41) is 0. The van der Waals surface area contributed by atoms with Gasteiger partial charge in [-0.1, -0.05) is 12.1 Å². The molecule has 3 nitrogen and oxygen atoms in total. The molecular formula is C8H8BrNO2S. The average Bonchev–Trinajstić information content (AvgIpc) is 2.24. The Balaban J connectivity index is 2.70. The highest BCUT2D eigenvalue weighted by Gasteiger charge is 2.31. The van der Waals surface area contributed by atoms with Crippen molar-refractivity contribution >= 4 is 31.6 Å². The minimum Gasteiger partial charge on any atom is -0.272 e. The van der Waals surface area contributed by atoms with E-state index < -0.39 is 10.0 Å². The summed E-state index contributed by atoms with van der Waals surface area (Å²) in [4.78, 5) is 0. The third kappa shape index (κ3) is 1.26. The van der Waals surface area contributed by atoms with Gasteiger partial charge in [0.1, 0.15) is 0 Å². The molecule has 1 aliphatic heterocycles. The summed E-state index contributed by atoms with van der Waals surface area (Å²) < 4.78 is 25.1. The first kappa shape index (κ1) is 9.02. The first-order valence-corrected chi connectivity index (χ1v) is 6.16. The molecule has 0 aromatic heterocycles. The molecule has 0 N–H and O–H groups in total. The molecule has 0 amide bonds. The standard InChI is InChI=1S/C8H8BrNO2S/c1-10-8-6(5-13(10,11)12)3-2-4-7(8)9/h2-4H,5H2,1H3. The maximum absolute atomic E-state index is 11.5. The van der Waals surface area contributed by atoms with Crippen molar-refractivity contribution < 1.29 is 8.42 Å². The second-order valence-electron chi connectivity index (χ2n) is 2.97. The summed E-state index contributed by atoms with van der Waals surface area (Å²) >= 11 is 3.33. The van der Waals surface area contributed by atoms with E-state index in [9.17, 15) is 8.42 Å². The van der Waals surface area contributed by atoms with Crippen molar-refractivity contribution in [2.75, 3.05) is 11.4 Å². The van der Waals surface area contributed by atoms with Crippen LogP contribution in [-0.4, -0.2) is 15.5 Å². The number of fused-ring (bicyclic) bond motifs is 1. The topological polar surface area (TPSA) is 37.4 Å². The van der Waals surface area contributed by atoms with E-state index in [0.29, 0.717) is 0 Å². The minimum absolute atomic E-state index is 0.109. The molecule has 0 aliphatic carbocycles. The lowest BCUT2D eigenvalue weighted by Gasteiger charge is -2.12. The first-order chi connectivity index (χ1) is 6.02. The van der Waals surface area contributed by atoms with E-state index in [0.717, 1.165) is 15.7 Å². The lowest BCUT2D eigenvalue weighted by Crippen LogP contribution is -2.21. The molecule has 0 atom stereocenters. The average molecular weight is 262 g/mol. The van der Waals surface area contributed by atoms with Crippen molar-refractivity contribution in [2.45, 2.75) is 5.75 Å². The van der Waals surface area contributed by atoms with Gasteiger partial charge in [-0.3, -0.25) is 4.31 Å². The van der Waals surface area contributed by atoms with Gasteiger partial charge in [-0.2, -0.15) is 0 Å². The highest BCUT2D eigenvalue weighted by atomic mass is 79.9. The predicted octanol–water partition coefficient (Wildman–Crippen LogP) is 1.73. The van der Waals surface area contributed by atoms with E-state index in [2.05, 4.69) is 15.9 Å². The van der Waals surface area contributed by atoms with Gasteiger partial charge in [-0.15, -0.1) is 0 Å². The van der Waals surface area contributed by atoms with Gasteiger partial charge in [-0.25, -0.2) is 8.42 Å². The lowest BCUT2D eigenvalue weighted by molar-refractivity contribution is 0.596. The Morgan fingerprint density at radius 1 is 1.46 bits per heavy atom. The Morgan fingerprint density at radius 3 is 2.77 bits per heavy atom. The van der Waals surface area contributed by atoms with E-state index in [-0.39, 0.29) is 5.75 Å². The van der Waals surface area contributed by atoms with Crippen LogP contribution in [0.1, 0.15) is 5.56 Å². The summed E-state index contributed by atoms with van der Waals surface area (Å²) in [7, 11) is -1.53. The molecule has 0 spiro atoms. The van der Waals surface area contributed by atoms with Crippen LogP contribution in [0.3, 0.4) is 0 Å². The van der Waals surface area contributed by atoms with Gasteiger partial charge in [0.05, 0.1) is 11.4 Å². The Morgan fingerprint density at radius 2 is 2.15 bits per heavy atom. The number of anilines is 1. The van der Waals surface area contributed by atoms with Crippen LogP contribution in [-0.2, 0) is 15.8 Å². The van der Waals surface area contributed by atoms with Crippen LogP contribution in [0.5, 0.6) is 0 Å². The first-order valence-electron chi connectivity index (χ1n) is 3.76. The van der Waals surface area contributed by atoms with Crippen LogP contribution >= 0.6 is 15.9 Å². The zero-order valence-corrected chi connectivity index (χ0v) is 9.39. The largest absolute Gasteiger partial charge is 0.272 e. The molecule has 1 aromatic rings. The third-order valence-electron chi connectivity index (χ3n) is 2.14. The van der Waals surface area contributed by atoms with Gasteiger partial charge in [0.25, 0.3) is 0 Å². The molecule has 1 heterocycles. The summed E-state index contributed by atoms with van der Waals surface area (Å²) in [6.07, 6.45) is 0. The second-order valence-corrected chi connectivity index (χ2v) is 5.83. The minimum atomic E-state index is -3.10. The molecular weight excluding hydrogens is 254 g/mol. The summed E-state index contributed by atoms with van der Waals surface area (Å²) in [6, 6.07) is 5.52. The maximum Gasteiger partial charge on any atom is 0.239 e. The van der Waals surface area contributed by atoms with Gasteiger partial charge in [0.15, 0.2) is 0 Å². The summed E-state index contributed by atoms with van der Waals surface area (Å²) in [6.45, 7) is 0. The number of rotatable bonds is 0. The highest BCUT2D eigenvalue weighted by molar-refractivity contribution is 9.10. The Labute approximate surface area is 85.5 Å². The van der Waals surface area contributed by atoms with Gasteiger partial charge < -0.3 is 0 Å². The Hall–Kier alpha value is -0.550. The smallest absolute Gasteiger partial charge is 0.239 e. The Kier molecular flexibility index (Phi) is 1.89. The molecule has 0 saturated heterocycles. The lowest BCUT2D eigenvalue weighted by atomic mass is 10.2. The molecule has 5 heteroatoms. The molecule has 0 saturated carbocycles. The number of hydrogen-bond acceptors (Lipinski definition) is 2. The summed E-state index contributed by atoms with van der Waals surface area (Å²) in [5.41, 5.74) is 1.62. The SMILES string of the molecule is CN1c2c(Br)cccc2CS1(=O)=O. The second kappa shape index (κ2) is 2.72. The number of sulfonamides is 1. The zero-order chi connectivity index (χ0) is 9.64. The molecule has 1 aliphatic rings. The van der Waals surface area contributed by atoms with Crippen molar-refractivity contribution in [1.82, 2.24) is 0 Å². The van der Waals surface area contributed by atoms with Crippen LogP contribution in [0.25, 0.3) is 0 Å². The fourth-order valence-corrected chi connectivity index (χ4v) is 3.57. The molecule has 1 aromatic carbocycles. The van der Waals surface area contributed by atoms with E-state index in [4.69, 9.17) is 0 Å². The van der Waals surface area contributed by atoms with Gasteiger partial charge in [0.2, 0.25) is 10.0 Å². The summed E-state index contributed by atoms with van der Waals surface area (Å²) in [5.74, 6) is 0.109. The normalized spacial score (nSPS) is 18.8. The number of para-hydroxylation sites is 1. The number of halogens is 1. The fraction of sp³-hybridized carbons (Fsp3) is 0.250. The van der Waals surface area contributed by atoms with Crippen molar-refractivity contribution in [3.63, 3.8) is 0 Å². The van der Waals surface area contributed by atoms with Crippen LogP contribution < -0.4 is 4.31 Å². The zero-order valence-electron chi connectivity index (χ0n) is 6.99. The third-order valence-corrected chi connectivity index (χ3v) is 4.47. The van der Waals surface area contributed by atoms with E-state index in [1.807, 2.05) is 18.2 Å². The maximum atomic E-state index is 11.5. The predicted molar refractivity (Wildman–Crippen MR) is 55.2 cm³/mol. The van der Waals surface area contributed by atoms with E-state index in [1.54, 1.807) is 7.05 Å². The number of hydrogen-bond donors (Lipinski definition) is 0. The van der Waals surface area contributed by atoms with Crippen LogP contribution in [0, 0.1) is 0 Å². The van der Waals surface area contributed by atoms with Crippen molar-refractivity contribution in [3.8, 4) is 0 Å². The van der Waals surface area contributed by atoms with E-state index in [1.165, 1.54) is 4.31 Å². The Bertz CT molecular complexity index is 455. The van der Waals surface area contributed by atoms with Crippen LogP contribution in [0.15, 0.2) is 22.7 Å². The molecule has 2 rings (SSSR count). The molecule has 13 heavy (non-hydrogen) atoms. The van der Waals surface area contributed by atoms with E-state index >= 15 is 0 Å². The molecule has 0 bridgehead atoms. The number of benzene rings is 1. The fourth-order valence-electron chi connectivity index (χ4n) is 1.46. The molecule has 0 radical (unpaired) electrons. The van der Waals surface area contributed by atoms with Crippen LogP contribution in [0.4, 0.5) is 5.69 Å². The van der Waals surface area contributed by atoms with Crippen molar-refractivity contribution in [3.05, 3.63) is 28.2 Å².